The largest absolute Gasteiger partial charge is 0.103 e. The maximum atomic E-state index is 4.01. The molecule has 0 aromatic rings. The smallest absolute Gasteiger partial charge is 0.0169 e. The van der Waals surface area contributed by atoms with Gasteiger partial charge in [0.05, 0.1) is 0 Å². The molecule has 0 amide bonds. The van der Waals surface area contributed by atoms with Gasteiger partial charge in [0.25, 0.3) is 0 Å². The fourth-order valence-corrected chi connectivity index (χ4v) is 4.91. The lowest BCUT2D eigenvalue weighted by molar-refractivity contribution is 0.0634. The lowest BCUT2D eigenvalue weighted by Gasteiger charge is -2.42. The van der Waals surface area contributed by atoms with Gasteiger partial charge < -0.3 is 0 Å². The van der Waals surface area contributed by atoms with E-state index in [1.165, 1.54) is 6.42 Å². The molecule has 0 heteroatoms. The average Bonchev–Trinajstić information content (AvgIpc) is 2.63. The van der Waals surface area contributed by atoms with Crippen LogP contribution in [0.3, 0.4) is 0 Å². The highest BCUT2D eigenvalue weighted by atomic mass is 14.7. The van der Waals surface area contributed by atoms with E-state index in [2.05, 4.69) is 26.5 Å². The monoisotopic (exact) mass is 162 g/mol. The zero-order valence-corrected chi connectivity index (χ0v) is 8.03. The van der Waals surface area contributed by atoms with Crippen LogP contribution in [-0.4, -0.2) is 0 Å². The van der Waals surface area contributed by atoms with Crippen molar-refractivity contribution in [1.82, 2.24) is 0 Å². The second-order valence-electron chi connectivity index (χ2n) is 5.28. The summed E-state index contributed by atoms with van der Waals surface area (Å²) in [4.78, 5) is 0. The summed E-state index contributed by atoms with van der Waals surface area (Å²) in [5.41, 5.74) is 0. The molecule has 0 aromatic heterocycles. The van der Waals surface area contributed by atoms with E-state index >= 15 is 0 Å². The topological polar surface area (TPSA) is 0 Å². The van der Waals surface area contributed by atoms with Crippen molar-refractivity contribution in [3.63, 3.8) is 0 Å². The van der Waals surface area contributed by atoms with Crippen molar-refractivity contribution < 1.29 is 0 Å². The molecular weight excluding hydrogens is 144 g/mol. The van der Waals surface area contributed by atoms with E-state index in [1.54, 1.807) is 0 Å². The first-order valence-electron chi connectivity index (χ1n) is 5.38. The van der Waals surface area contributed by atoms with Crippen LogP contribution in [0.5, 0.6) is 0 Å². The Hall–Kier alpha value is -0.260. The summed E-state index contributed by atoms with van der Waals surface area (Å²) in [5, 5.41) is 0. The highest BCUT2D eigenvalue weighted by molar-refractivity contribution is 5.19. The van der Waals surface area contributed by atoms with Crippen molar-refractivity contribution in [1.29, 1.82) is 0 Å². The molecular formula is C12H18. The molecule has 0 N–H and O–H groups in total. The molecule has 0 aliphatic heterocycles. The summed E-state index contributed by atoms with van der Waals surface area (Å²) in [6, 6.07) is 0. The molecule has 0 heterocycles. The first kappa shape index (κ1) is 7.17. The molecule has 0 aromatic carbocycles. The van der Waals surface area contributed by atoms with E-state index in [-0.39, 0.29) is 0 Å². The first-order valence-corrected chi connectivity index (χ1v) is 5.38. The lowest BCUT2D eigenvalue weighted by Crippen LogP contribution is -2.37. The highest BCUT2D eigenvalue weighted by Gasteiger charge is 2.67. The molecule has 66 valence electrons. The first-order chi connectivity index (χ1) is 5.75. The molecule has 4 aliphatic rings. The zero-order valence-electron chi connectivity index (χ0n) is 8.03. The Morgan fingerprint density at radius 1 is 1.17 bits per heavy atom. The molecule has 4 saturated carbocycles. The average molecular weight is 162 g/mol. The number of rotatable bonds is 1. The van der Waals surface area contributed by atoms with Crippen LogP contribution in [0, 0.1) is 41.4 Å². The zero-order chi connectivity index (χ0) is 8.46. The van der Waals surface area contributed by atoms with Gasteiger partial charge in [0.15, 0.2) is 0 Å². The molecule has 7 atom stereocenters. The quantitative estimate of drug-likeness (QED) is 0.520. The van der Waals surface area contributed by atoms with Gasteiger partial charge in [0, 0.05) is 0 Å². The SMILES string of the molecule is C=CC1[C@@H]2C(C)CC3C2[C@H](C)[C@@H]31. The fourth-order valence-electron chi connectivity index (χ4n) is 4.91. The maximum Gasteiger partial charge on any atom is -0.0169 e. The van der Waals surface area contributed by atoms with Crippen LogP contribution in [0.1, 0.15) is 20.3 Å². The predicted molar refractivity (Wildman–Crippen MR) is 50.6 cm³/mol. The Morgan fingerprint density at radius 2 is 1.92 bits per heavy atom. The normalized spacial score (nSPS) is 66.3. The van der Waals surface area contributed by atoms with Crippen molar-refractivity contribution in [3.05, 3.63) is 12.7 Å². The van der Waals surface area contributed by atoms with Gasteiger partial charge >= 0.3 is 0 Å². The van der Waals surface area contributed by atoms with E-state index in [0.29, 0.717) is 0 Å². The van der Waals surface area contributed by atoms with Crippen molar-refractivity contribution in [3.8, 4) is 0 Å². The van der Waals surface area contributed by atoms with Gasteiger partial charge in [-0.1, -0.05) is 19.9 Å². The summed E-state index contributed by atoms with van der Waals surface area (Å²) in [5.74, 6) is 7.15. The van der Waals surface area contributed by atoms with Crippen LogP contribution < -0.4 is 0 Å². The lowest BCUT2D eigenvalue weighted by atomic mass is 9.63. The van der Waals surface area contributed by atoms with Crippen LogP contribution in [0.15, 0.2) is 12.7 Å². The summed E-state index contributed by atoms with van der Waals surface area (Å²) >= 11 is 0. The van der Waals surface area contributed by atoms with Crippen LogP contribution >= 0.6 is 0 Å². The summed E-state index contributed by atoms with van der Waals surface area (Å²) in [6.07, 6.45) is 3.77. The van der Waals surface area contributed by atoms with E-state index in [9.17, 15) is 0 Å². The van der Waals surface area contributed by atoms with Gasteiger partial charge in [-0.05, 0) is 47.8 Å². The standard InChI is InChI=1S/C12H18/c1-4-8-10-6(2)5-9-11(8)7(3)12(9)10/h4,6-12H,1,5H2,2-3H3/t6?,7-,8?,9?,10+,11-,12?/m1/s1. The third-order valence-electron chi connectivity index (χ3n) is 5.11. The van der Waals surface area contributed by atoms with Crippen molar-refractivity contribution >= 4 is 0 Å². The van der Waals surface area contributed by atoms with Gasteiger partial charge in [-0.25, -0.2) is 0 Å². The van der Waals surface area contributed by atoms with Crippen molar-refractivity contribution in [2.75, 3.05) is 0 Å². The molecule has 4 aliphatic carbocycles. The predicted octanol–water partition coefficient (Wildman–Crippen LogP) is 2.96. The Bertz CT molecular complexity index is 230. The summed E-state index contributed by atoms with van der Waals surface area (Å²) < 4.78 is 0. The van der Waals surface area contributed by atoms with Crippen LogP contribution in [-0.2, 0) is 0 Å². The Labute approximate surface area is 75.0 Å². The molecule has 4 rings (SSSR count). The Balaban J connectivity index is 1.98. The summed E-state index contributed by atoms with van der Waals surface area (Å²) in [6.45, 7) is 8.91. The van der Waals surface area contributed by atoms with Gasteiger partial charge in [-0.2, -0.15) is 0 Å². The Morgan fingerprint density at radius 3 is 2.42 bits per heavy atom. The second-order valence-corrected chi connectivity index (χ2v) is 5.28. The molecule has 0 spiro atoms. The highest BCUT2D eigenvalue weighted by Crippen LogP contribution is 2.72. The minimum Gasteiger partial charge on any atom is -0.103 e. The fraction of sp³-hybridized carbons (Fsp3) is 0.833. The van der Waals surface area contributed by atoms with Gasteiger partial charge in [-0.15, -0.1) is 6.58 Å². The minimum atomic E-state index is 0.888. The molecule has 0 saturated heterocycles. The molecule has 0 nitrogen and oxygen atoms in total. The number of hydrogen-bond donors (Lipinski definition) is 0. The van der Waals surface area contributed by atoms with E-state index in [1.807, 2.05) is 0 Å². The van der Waals surface area contributed by atoms with Crippen LogP contribution in [0.25, 0.3) is 0 Å². The molecule has 4 fully saturated rings. The molecule has 12 heavy (non-hydrogen) atoms. The number of allylic oxidation sites excluding steroid dienone is 1. The Kier molecular flexibility index (Phi) is 1.18. The van der Waals surface area contributed by atoms with E-state index in [4.69, 9.17) is 0 Å². The third-order valence-corrected chi connectivity index (χ3v) is 5.11. The molecule has 4 bridgehead atoms. The molecule has 4 unspecified atom stereocenters. The van der Waals surface area contributed by atoms with E-state index in [0.717, 1.165) is 41.4 Å². The minimum absolute atomic E-state index is 0.888. The third kappa shape index (κ3) is 0.522. The summed E-state index contributed by atoms with van der Waals surface area (Å²) in [7, 11) is 0. The van der Waals surface area contributed by atoms with E-state index < -0.39 is 0 Å². The van der Waals surface area contributed by atoms with Gasteiger partial charge in [0.2, 0.25) is 0 Å². The van der Waals surface area contributed by atoms with Crippen molar-refractivity contribution in [2.45, 2.75) is 20.3 Å². The van der Waals surface area contributed by atoms with Gasteiger partial charge in [0.1, 0.15) is 0 Å². The molecule has 0 radical (unpaired) electrons. The number of hydrogen-bond acceptors (Lipinski definition) is 0. The second kappa shape index (κ2) is 1.97. The van der Waals surface area contributed by atoms with Crippen LogP contribution in [0.2, 0.25) is 0 Å². The maximum absolute atomic E-state index is 4.01. The van der Waals surface area contributed by atoms with Crippen LogP contribution in [0.4, 0.5) is 0 Å². The van der Waals surface area contributed by atoms with Crippen molar-refractivity contribution in [2.24, 2.45) is 41.4 Å². The van der Waals surface area contributed by atoms with Gasteiger partial charge in [-0.3, -0.25) is 0 Å².